The molecule has 6 heteroatoms. The van der Waals surface area contributed by atoms with Gasteiger partial charge >= 0.3 is 0 Å². The first kappa shape index (κ1) is 16.2. The zero-order chi connectivity index (χ0) is 16.9. The van der Waals surface area contributed by atoms with Crippen LogP contribution in [0.1, 0.15) is 46.5 Å². The summed E-state index contributed by atoms with van der Waals surface area (Å²) in [5, 5.41) is 20.2. The highest BCUT2D eigenvalue weighted by molar-refractivity contribution is 6.00. The van der Waals surface area contributed by atoms with Gasteiger partial charge in [0.1, 0.15) is 11.3 Å². The van der Waals surface area contributed by atoms with Crippen LogP contribution in [0.5, 0.6) is 0 Å². The predicted octanol–water partition coefficient (Wildman–Crippen LogP) is 2.31. The Hall–Kier alpha value is -1.63. The number of aliphatic imine (C=N–C) groups is 1. The van der Waals surface area contributed by atoms with E-state index in [4.69, 9.17) is 15.2 Å². The van der Waals surface area contributed by atoms with Crippen molar-refractivity contribution < 1.29 is 9.47 Å². The highest BCUT2D eigenvalue weighted by atomic mass is 16.7. The fourth-order valence-corrected chi connectivity index (χ4v) is 5.22. The van der Waals surface area contributed by atoms with E-state index in [0.29, 0.717) is 19.1 Å². The van der Waals surface area contributed by atoms with Crippen LogP contribution in [-0.2, 0) is 9.47 Å². The minimum atomic E-state index is -1.45. The average Bonchev–Trinajstić information content (AvgIpc) is 2.98. The highest BCUT2D eigenvalue weighted by Crippen LogP contribution is 2.89. The molecular weight excluding hydrogens is 292 g/mol. The molecule has 2 fully saturated rings. The molecule has 124 valence electrons. The van der Waals surface area contributed by atoms with E-state index < -0.39 is 22.2 Å². The molecule has 0 aromatic heterocycles. The summed E-state index contributed by atoms with van der Waals surface area (Å²) in [4.78, 5) is 4.39. The van der Waals surface area contributed by atoms with E-state index in [2.05, 4.69) is 24.1 Å². The lowest BCUT2D eigenvalue weighted by molar-refractivity contribution is -0.262. The summed E-state index contributed by atoms with van der Waals surface area (Å²) in [5.41, 5.74) is 3.49. The van der Waals surface area contributed by atoms with Crippen LogP contribution in [0, 0.1) is 44.8 Å². The molecule has 0 amide bonds. The van der Waals surface area contributed by atoms with Crippen molar-refractivity contribution in [2.45, 2.75) is 52.4 Å². The van der Waals surface area contributed by atoms with E-state index in [1.54, 1.807) is 0 Å². The lowest BCUT2D eigenvalue weighted by atomic mass is 9.73. The number of rotatable bonds is 4. The molecule has 0 aromatic rings. The molecule has 0 bridgehead atoms. The Bertz CT molecular complexity index is 617. The van der Waals surface area contributed by atoms with Crippen LogP contribution < -0.4 is 5.73 Å². The Labute approximate surface area is 137 Å². The van der Waals surface area contributed by atoms with Crippen molar-refractivity contribution in [3.63, 3.8) is 0 Å². The summed E-state index contributed by atoms with van der Waals surface area (Å²) >= 11 is 0. The summed E-state index contributed by atoms with van der Waals surface area (Å²) in [5.74, 6) is -0.649. The van der Waals surface area contributed by atoms with Gasteiger partial charge in [0.15, 0.2) is 5.41 Å². The van der Waals surface area contributed by atoms with Gasteiger partial charge in [-0.1, -0.05) is 19.8 Å². The molecule has 6 nitrogen and oxygen atoms in total. The number of ether oxygens (including phenoxy) is 2. The van der Waals surface area contributed by atoms with Gasteiger partial charge in [0.2, 0.25) is 0 Å². The molecule has 3 aliphatic rings. The first-order chi connectivity index (χ1) is 11.0. The second kappa shape index (κ2) is 4.93. The van der Waals surface area contributed by atoms with Gasteiger partial charge in [-0.2, -0.15) is 10.5 Å². The lowest BCUT2D eigenvalue weighted by Crippen LogP contribution is -2.46. The molecule has 0 aromatic carbocycles. The van der Waals surface area contributed by atoms with E-state index in [1.807, 2.05) is 13.8 Å². The topological polar surface area (TPSA) is 104 Å². The van der Waals surface area contributed by atoms with Crippen molar-refractivity contribution >= 4 is 5.84 Å². The standard InChI is InChI=1S/C17H24N4O2/c1-4-22-17(23-5-2)16(11-19)14(8-6-12(3)7-9-14)15(16,10-18)13(20)21-17/h12H,4-9H2,1-3H3,(H2,20,21)/t12?,14?,15-,16+/m0/s1. The van der Waals surface area contributed by atoms with Crippen LogP contribution >= 0.6 is 0 Å². The molecule has 23 heavy (non-hydrogen) atoms. The lowest BCUT2D eigenvalue weighted by Gasteiger charge is -2.37. The zero-order valence-electron chi connectivity index (χ0n) is 14.1. The second-order valence-electron chi connectivity index (χ2n) is 6.93. The summed E-state index contributed by atoms with van der Waals surface area (Å²) in [7, 11) is 0. The molecule has 0 radical (unpaired) electrons. The molecule has 3 rings (SSSR count). The van der Waals surface area contributed by atoms with Crippen LogP contribution in [0.2, 0.25) is 0 Å². The fraction of sp³-hybridized carbons (Fsp3) is 0.824. The quantitative estimate of drug-likeness (QED) is 0.801. The monoisotopic (exact) mass is 316 g/mol. The van der Waals surface area contributed by atoms with Crippen molar-refractivity contribution in [2.75, 3.05) is 13.2 Å². The summed E-state index contributed by atoms with van der Waals surface area (Å²) in [6.07, 6.45) is 3.53. The van der Waals surface area contributed by atoms with Crippen LogP contribution in [0.15, 0.2) is 4.99 Å². The Balaban J connectivity index is 2.18. The molecule has 2 saturated carbocycles. The summed E-state index contributed by atoms with van der Waals surface area (Å²) in [6, 6.07) is 4.77. The maximum absolute atomic E-state index is 10.2. The molecule has 1 aliphatic heterocycles. The maximum Gasteiger partial charge on any atom is 0.293 e. The number of amidine groups is 1. The highest BCUT2D eigenvalue weighted by Gasteiger charge is 3.00. The summed E-state index contributed by atoms with van der Waals surface area (Å²) in [6.45, 7) is 6.56. The van der Waals surface area contributed by atoms with E-state index in [1.165, 1.54) is 0 Å². The summed E-state index contributed by atoms with van der Waals surface area (Å²) < 4.78 is 11.7. The zero-order valence-corrected chi connectivity index (χ0v) is 14.1. The van der Waals surface area contributed by atoms with Crippen molar-refractivity contribution in [2.24, 2.45) is 32.9 Å². The van der Waals surface area contributed by atoms with Crippen molar-refractivity contribution in [3.8, 4) is 12.1 Å². The van der Waals surface area contributed by atoms with Crippen molar-refractivity contribution in [3.05, 3.63) is 0 Å². The molecule has 0 saturated heterocycles. The van der Waals surface area contributed by atoms with Gasteiger partial charge < -0.3 is 15.2 Å². The van der Waals surface area contributed by atoms with Gasteiger partial charge in [-0.3, -0.25) is 0 Å². The minimum absolute atomic E-state index is 0.206. The Morgan fingerprint density at radius 2 is 1.74 bits per heavy atom. The normalized spacial score (nSPS) is 43.3. The first-order valence-corrected chi connectivity index (χ1v) is 8.43. The molecule has 2 atom stereocenters. The third-order valence-electron chi connectivity index (χ3n) is 6.20. The number of hydrogen-bond donors (Lipinski definition) is 1. The fourth-order valence-electron chi connectivity index (χ4n) is 5.22. The van der Waals surface area contributed by atoms with Crippen LogP contribution in [0.3, 0.4) is 0 Å². The number of nitriles is 2. The molecule has 1 spiro atoms. The van der Waals surface area contributed by atoms with Gasteiger partial charge in [-0.05, 0) is 32.6 Å². The smallest absolute Gasteiger partial charge is 0.293 e. The second-order valence-corrected chi connectivity index (χ2v) is 6.93. The predicted molar refractivity (Wildman–Crippen MR) is 83.8 cm³/mol. The SMILES string of the molecule is CCOC1(OCC)N=C(N)[C@@]2(C#N)C3(CCC(C)CC3)[C@@]12C#N. The third-order valence-corrected chi connectivity index (χ3v) is 6.20. The molecular formula is C17H24N4O2. The van der Waals surface area contributed by atoms with E-state index in [9.17, 15) is 10.5 Å². The van der Waals surface area contributed by atoms with Crippen LogP contribution in [-0.4, -0.2) is 25.0 Å². The van der Waals surface area contributed by atoms with Crippen molar-refractivity contribution in [1.29, 1.82) is 10.5 Å². The minimum Gasteiger partial charge on any atom is -0.386 e. The number of fused-ring (bicyclic) bond motifs is 3. The van der Waals surface area contributed by atoms with Crippen LogP contribution in [0.25, 0.3) is 0 Å². The van der Waals surface area contributed by atoms with E-state index in [-0.39, 0.29) is 5.84 Å². The maximum atomic E-state index is 10.2. The molecule has 1 heterocycles. The van der Waals surface area contributed by atoms with Gasteiger partial charge in [0.05, 0.1) is 12.1 Å². The number of nitrogens with zero attached hydrogens (tertiary/aromatic N) is 3. The average molecular weight is 316 g/mol. The first-order valence-electron chi connectivity index (χ1n) is 8.43. The van der Waals surface area contributed by atoms with Crippen LogP contribution in [0.4, 0.5) is 0 Å². The largest absolute Gasteiger partial charge is 0.386 e. The van der Waals surface area contributed by atoms with Crippen molar-refractivity contribution in [1.82, 2.24) is 0 Å². The Kier molecular flexibility index (Phi) is 3.48. The van der Waals surface area contributed by atoms with E-state index in [0.717, 1.165) is 25.7 Å². The van der Waals surface area contributed by atoms with E-state index >= 15 is 0 Å². The number of nitrogens with two attached hydrogens (primary N) is 1. The van der Waals surface area contributed by atoms with Gasteiger partial charge in [0, 0.05) is 18.6 Å². The molecule has 2 N–H and O–H groups in total. The van der Waals surface area contributed by atoms with Gasteiger partial charge in [0.25, 0.3) is 5.91 Å². The molecule has 2 aliphatic carbocycles. The Morgan fingerprint density at radius 1 is 1.17 bits per heavy atom. The third kappa shape index (κ3) is 1.43. The van der Waals surface area contributed by atoms with Gasteiger partial charge in [-0.25, -0.2) is 4.99 Å². The van der Waals surface area contributed by atoms with Gasteiger partial charge in [-0.15, -0.1) is 0 Å². The number of hydrogen-bond acceptors (Lipinski definition) is 6. The molecule has 0 unspecified atom stereocenters. The Morgan fingerprint density at radius 3 is 2.17 bits per heavy atom.